The first-order valence-corrected chi connectivity index (χ1v) is 7.00. The molecule has 0 unspecified atom stereocenters. The molecule has 0 N–H and O–H groups in total. The van der Waals surface area contributed by atoms with Gasteiger partial charge in [-0.05, 0) is 23.8 Å². The van der Waals surface area contributed by atoms with E-state index < -0.39 is 0 Å². The molecule has 0 bridgehead atoms. The molecule has 0 amide bonds. The largest absolute Gasteiger partial charge is 0.372 e. The minimum Gasteiger partial charge on any atom is -0.372 e. The van der Waals surface area contributed by atoms with E-state index in [0.29, 0.717) is 12.2 Å². The average molecular weight is 374 g/mol. The van der Waals surface area contributed by atoms with Crippen molar-refractivity contribution in [2.45, 2.75) is 13.2 Å². The molecule has 1 nitrogen and oxygen atoms in total. The zero-order valence-corrected chi connectivity index (χ0v) is 12.7. The normalized spacial score (nSPS) is 10.6. The minimum atomic E-state index is -0.253. The number of hydrogen-bond donors (Lipinski definition) is 0. The number of hydrogen-bond acceptors (Lipinski definition) is 1. The SMILES string of the molecule is Fc1cc(Br)ccc1COCc1ccccc1Br. The second-order valence-electron chi connectivity index (χ2n) is 3.82. The average Bonchev–Trinajstić information content (AvgIpc) is 2.34. The van der Waals surface area contributed by atoms with Crippen LogP contribution in [0.2, 0.25) is 0 Å². The van der Waals surface area contributed by atoms with Gasteiger partial charge in [0.1, 0.15) is 5.82 Å². The molecule has 0 aliphatic rings. The Labute approximate surface area is 122 Å². The quantitative estimate of drug-likeness (QED) is 0.727. The maximum absolute atomic E-state index is 13.5. The maximum Gasteiger partial charge on any atom is 0.129 e. The summed E-state index contributed by atoms with van der Waals surface area (Å²) in [5.41, 5.74) is 1.61. The van der Waals surface area contributed by atoms with E-state index in [2.05, 4.69) is 31.9 Å². The van der Waals surface area contributed by atoms with Crippen LogP contribution >= 0.6 is 31.9 Å². The highest BCUT2D eigenvalue weighted by Crippen LogP contribution is 2.19. The summed E-state index contributed by atoms with van der Waals surface area (Å²) in [5, 5.41) is 0. The molecule has 0 saturated heterocycles. The van der Waals surface area contributed by atoms with Gasteiger partial charge in [0.2, 0.25) is 0 Å². The lowest BCUT2D eigenvalue weighted by molar-refractivity contribution is 0.104. The second-order valence-corrected chi connectivity index (χ2v) is 5.59. The summed E-state index contributed by atoms with van der Waals surface area (Å²) in [6, 6.07) is 12.8. The molecule has 4 heteroatoms. The fraction of sp³-hybridized carbons (Fsp3) is 0.143. The van der Waals surface area contributed by atoms with Crippen LogP contribution in [0.5, 0.6) is 0 Å². The van der Waals surface area contributed by atoms with Gasteiger partial charge < -0.3 is 4.74 Å². The van der Waals surface area contributed by atoms with Crippen molar-refractivity contribution in [3.8, 4) is 0 Å². The molecule has 0 saturated carbocycles. The predicted octanol–water partition coefficient (Wildman–Crippen LogP) is 5.07. The molecule has 2 aromatic rings. The molecule has 0 atom stereocenters. The Bertz CT molecular complexity index is 543. The monoisotopic (exact) mass is 372 g/mol. The number of ether oxygens (including phenoxy) is 1. The van der Waals surface area contributed by atoms with Gasteiger partial charge in [0.05, 0.1) is 13.2 Å². The zero-order chi connectivity index (χ0) is 13.0. The van der Waals surface area contributed by atoms with Gasteiger partial charge in [-0.25, -0.2) is 4.39 Å². The summed E-state index contributed by atoms with van der Waals surface area (Å²) in [4.78, 5) is 0. The van der Waals surface area contributed by atoms with E-state index in [-0.39, 0.29) is 12.4 Å². The molecule has 0 heterocycles. The third-order valence-electron chi connectivity index (χ3n) is 2.49. The van der Waals surface area contributed by atoms with Gasteiger partial charge in [-0.2, -0.15) is 0 Å². The third kappa shape index (κ3) is 3.64. The van der Waals surface area contributed by atoms with E-state index in [0.717, 1.165) is 14.5 Å². The lowest BCUT2D eigenvalue weighted by Crippen LogP contribution is -1.97. The molecule has 2 rings (SSSR count). The summed E-state index contributed by atoms with van der Waals surface area (Å²) in [6.07, 6.45) is 0. The highest BCUT2D eigenvalue weighted by atomic mass is 79.9. The summed E-state index contributed by atoms with van der Waals surface area (Å²) >= 11 is 6.67. The Hall–Kier alpha value is -0.710. The van der Waals surface area contributed by atoms with Gasteiger partial charge in [-0.3, -0.25) is 0 Å². The highest BCUT2D eigenvalue weighted by molar-refractivity contribution is 9.10. The molecule has 0 fully saturated rings. The first-order chi connectivity index (χ1) is 8.66. The Morgan fingerprint density at radius 3 is 2.39 bits per heavy atom. The van der Waals surface area contributed by atoms with Gasteiger partial charge in [-0.15, -0.1) is 0 Å². The molecular formula is C14H11Br2FO. The molecule has 0 radical (unpaired) electrons. The van der Waals surface area contributed by atoms with Crippen LogP contribution in [0, 0.1) is 5.82 Å². The van der Waals surface area contributed by atoms with Crippen LogP contribution in [-0.2, 0) is 18.0 Å². The van der Waals surface area contributed by atoms with E-state index >= 15 is 0 Å². The topological polar surface area (TPSA) is 9.23 Å². The van der Waals surface area contributed by atoms with Crippen LogP contribution in [-0.4, -0.2) is 0 Å². The van der Waals surface area contributed by atoms with Crippen LogP contribution in [0.4, 0.5) is 4.39 Å². The lowest BCUT2D eigenvalue weighted by atomic mass is 10.2. The van der Waals surface area contributed by atoms with Crippen molar-refractivity contribution >= 4 is 31.9 Å². The zero-order valence-electron chi connectivity index (χ0n) is 9.50. The molecule has 18 heavy (non-hydrogen) atoms. The number of benzene rings is 2. The molecule has 0 spiro atoms. The van der Waals surface area contributed by atoms with Crippen molar-refractivity contribution in [1.29, 1.82) is 0 Å². The van der Waals surface area contributed by atoms with Crippen molar-refractivity contribution in [3.05, 3.63) is 68.4 Å². The van der Waals surface area contributed by atoms with Gasteiger partial charge in [0.15, 0.2) is 0 Å². The Kier molecular flexibility index (Phi) is 4.92. The summed E-state index contributed by atoms with van der Waals surface area (Å²) in [7, 11) is 0. The van der Waals surface area contributed by atoms with Crippen molar-refractivity contribution in [1.82, 2.24) is 0 Å². The number of rotatable bonds is 4. The van der Waals surface area contributed by atoms with E-state index in [4.69, 9.17) is 4.74 Å². The first-order valence-electron chi connectivity index (χ1n) is 5.42. The smallest absolute Gasteiger partial charge is 0.129 e. The first kappa shape index (κ1) is 13.7. The molecular weight excluding hydrogens is 363 g/mol. The summed E-state index contributed by atoms with van der Waals surface area (Å²) in [5.74, 6) is -0.253. The fourth-order valence-corrected chi connectivity index (χ4v) is 2.26. The van der Waals surface area contributed by atoms with Crippen LogP contribution in [0.3, 0.4) is 0 Å². The minimum absolute atomic E-state index is 0.253. The standard InChI is InChI=1S/C14H11Br2FO/c15-12-6-5-11(14(17)7-12)9-18-8-10-3-1-2-4-13(10)16/h1-7H,8-9H2. The van der Waals surface area contributed by atoms with E-state index in [1.165, 1.54) is 6.07 Å². The van der Waals surface area contributed by atoms with Gasteiger partial charge in [0.25, 0.3) is 0 Å². The maximum atomic E-state index is 13.5. The number of halogens is 3. The molecule has 0 aliphatic carbocycles. The Morgan fingerprint density at radius 2 is 1.67 bits per heavy atom. The highest BCUT2D eigenvalue weighted by Gasteiger charge is 2.04. The van der Waals surface area contributed by atoms with Gasteiger partial charge in [0, 0.05) is 14.5 Å². The van der Waals surface area contributed by atoms with E-state index in [9.17, 15) is 4.39 Å². The van der Waals surface area contributed by atoms with Crippen molar-refractivity contribution < 1.29 is 9.13 Å². The molecule has 0 aromatic heterocycles. The van der Waals surface area contributed by atoms with E-state index in [1.807, 2.05) is 24.3 Å². The second kappa shape index (κ2) is 6.45. The summed E-state index contributed by atoms with van der Waals surface area (Å²) < 4.78 is 20.8. The van der Waals surface area contributed by atoms with Crippen molar-refractivity contribution in [3.63, 3.8) is 0 Å². The fourth-order valence-electron chi connectivity index (χ4n) is 1.53. The third-order valence-corrected chi connectivity index (χ3v) is 3.75. The Balaban J connectivity index is 1.95. The van der Waals surface area contributed by atoms with Gasteiger partial charge >= 0.3 is 0 Å². The van der Waals surface area contributed by atoms with E-state index in [1.54, 1.807) is 12.1 Å². The van der Waals surface area contributed by atoms with Crippen LogP contribution in [0.15, 0.2) is 51.4 Å². The van der Waals surface area contributed by atoms with Gasteiger partial charge in [-0.1, -0.05) is 56.1 Å². The van der Waals surface area contributed by atoms with Crippen LogP contribution in [0.1, 0.15) is 11.1 Å². The molecule has 94 valence electrons. The van der Waals surface area contributed by atoms with Crippen LogP contribution < -0.4 is 0 Å². The lowest BCUT2D eigenvalue weighted by Gasteiger charge is -2.07. The van der Waals surface area contributed by atoms with Crippen molar-refractivity contribution in [2.75, 3.05) is 0 Å². The Morgan fingerprint density at radius 1 is 0.944 bits per heavy atom. The predicted molar refractivity (Wildman–Crippen MR) is 76.7 cm³/mol. The molecule has 2 aromatic carbocycles. The summed E-state index contributed by atoms with van der Waals surface area (Å²) in [6.45, 7) is 0.720. The van der Waals surface area contributed by atoms with Crippen LogP contribution in [0.25, 0.3) is 0 Å². The van der Waals surface area contributed by atoms with Crippen molar-refractivity contribution in [2.24, 2.45) is 0 Å². The molecule has 0 aliphatic heterocycles.